The molecule has 1 aliphatic rings. The first-order chi connectivity index (χ1) is 10.9. The fourth-order valence-electron chi connectivity index (χ4n) is 2.99. The van der Waals surface area contributed by atoms with Crippen molar-refractivity contribution in [3.63, 3.8) is 0 Å². The molecule has 0 saturated carbocycles. The van der Waals surface area contributed by atoms with Crippen LogP contribution in [0.1, 0.15) is 41.4 Å². The van der Waals surface area contributed by atoms with Crippen molar-refractivity contribution in [2.24, 2.45) is 7.05 Å². The smallest absolute Gasteiger partial charge is 0.257 e. The Labute approximate surface area is 134 Å². The Kier molecular flexibility index (Phi) is 3.97. The Hall–Kier alpha value is -2.16. The molecule has 2 aromatic heterocycles. The monoisotopic (exact) mass is 337 g/mol. The van der Waals surface area contributed by atoms with Crippen LogP contribution in [0.25, 0.3) is 0 Å². The fourth-order valence-corrected chi connectivity index (χ4v) is 3.82. The highest BCUT2D eigenvalue weighted by Crippen LogP contribution is 2.34. The quantitative estimate of drug-likeness (QED) is 0.897. The van der Waals surface area contributed by atoms with Gasteiger partial charge in [0.25, 0.3) is 5.91 Å². The van der Waals surface area contributed by atoms with Gasteiger partial charge in [-0.3, -0.25) is 14.6 Å². The van der Waals surface area contributed by atoms with E-state index in [0.29, 0.717) is 24.2 Å². The zero-order valence-electron chi connectivity index (χ0n) is 13.1. The molecule has 1 aliphatic heterocycles. The second-order valence-corrected chi connectivity index (χ2v) is 7.82. The predicted octanol–water partition coefficient (Wildman–Crippen LogP) is 0.914. The first-order valence-corrected chi connectivity index (χ1v) is 9.30. The molecule has 0 unspecified atom stereocenters. The minimum atomic E-state index is -3.40. The molecule has 1 fully saturated rings. The van der Waals surface area contributed by atoms with Crippen molar-refractivity contribution in [3.05, 3.63) is 29.8 Å². The first-order valence-electron chi connectivity index (χ1n) is 7.41. The molecule has 8 nitrogen and oxygen atoms in total. The van der Waals surface area contributed by atoms with E-state index < -0.39 is 9.84 Å². The number of carbonyl (C=O) groups excluding carboxylic acids is 1. The van der Waals surface area contributed by atoms with Crippen LogP contribution in [0, 0.1) is 0 Å². The van der Waals surface area contributed by atoms with Crippen molar-refractivity contribution < 1.29 is 13.2 Å². The van der Waals surface area contributed by atoms with E-state index in [2.05, 4.69) is 15.3 Å². The van der Waals surface area contributed by atoms with E-state index in [4.69, 9.17) is 0 Å². The number of hydrogen-bond acceptors (Lipinski definition) is 5. The summed E-state index contributed by atoms with van der Waals surface area (Å²) in [4.78, 5) is 14.6. The van der Waals surface area contributed by atoms with Gasteiger partial charge in [-0.25, -0.2) is 8.42 Å². The van der Waals surface area contributed by atoms with E-state index in [1.807, 2.05) is 0 Å². The summed E-state index contributed by atoms with van der Waals surface area (Å²) in [6, 6.07) is -0.316. The maximum absolute atomic E-state index is 12.8. The number of amides is 1. The van der Waals surface area contributed by atoms with Crippen LogP contribution in [0.4, 0.5) is 0 Å². The van der Waals surface area contributed by atoms with Gasteiger partial charge in [-0.15, -0.1) is 0 Å². The molecule has 1 saturated heterocycles. The van der Waals surface area contributed by atoms with Crippen LogP contribution < -0.4 is 0 Å². The lowest BCUT2D eigenvalue weighted by atomic mass is 9.98. The number of rotatable bonds is 3. The molecule has 0 bridgehead atoms. The van der Waals surface area contributed by atoms with Gasteiger partial charge in [0.05, 0.1) is 29.7 Å². The zero-order chi connectivity index (χ0) is 16.6. The maximum Gasteiger partial charge on any atom is 0.257 e. The van der Waals surface area contributed by atoms with E-state index in [-0.39, 0.29) is 16.8 Å². The van der Waals surface area contributed by atoms with Crippen molar-refractivity contribution in [2.75, 3.05) is 12.8 Å². The van der Waals surface area contributed by atoms with Crippen LogP contribution in [0.15, 0.2) is 23.5 Å². The Bertz CT molecular complexity index is 823. The lowest BCUT2D eigenvalue weighted by Gasteiger charge is -2.35. The standard InChI is InChI=1S/C14H19N5O3S/c1-18-9-10(7-16-18)14(20)19-6-4-3-5-11(19)13-12(8-15-17-13)23(2,21)22/h7-9,11H,3-6H2,1-2H3,(H,15,17)/t11-/m1/s1. The van der Waals surface area contributed by atoms with Crippen molar-refractivity contribution in [1.82, 2.24) is 24.9 Å². The highest BCUT2D eigenvalue weighted by molar-refractivity contribution is 7.90. The number of carbonyl (C=O) groups is 1. The van der Waals surface area contributed by atoms with Crippen LogP contribution in [-0.2, 0) is 16.9 Å². The number of sulfone groups is 1. The topological polar surface area (TPSA) is 101 Å². The summed E-state index contributed by atoms with van der Waals surface area (Å²) in [5, 5.41) is 10.7. The van der Waals surface area contributed by atoms with Crippen LogP contribution in [0.3, 0.4) is 0 Å². The Balaban J connectivity index is 1.97. The zero-order valence-corrected chi connectivity index (χ0v) is 13.9. The SMILES string of the molecule is Cn1cc(C(=O)N2CCCC[C@@H]2c2[nH]ncc2S(C)(=O)=O)cn1. The number of aromatic amines is 1. The molecule has 0 radical (unpaired) electrons. The molecule has 3 rings (SSSR count). The summed E-state index contributed by atoms with van der Waals surface area (Å²) in [5.74, 6) is -0.142. The van der Waals surface area contributed by atoms with Crippen LogP contribution in [-0.4, -0.2) is 52.0 Å². The fraction of sp³-hybridized carbons (Fsp3) is 0.500. The molecule has 9 heteroatoms. The number of aromatic nitrogens is 4. The maximum atomic E-state index is 12.8. The van der Waals surface area contributed by atoms with Crippen molar-refractivity contribution in [3.8, 4) is 0 Å². The number of nitrogens with zero attached hydrogens (tertiary/aromatic N) is 4. The second kappa shape index (κ2) is 5.80. The summed E-state index contributed by atoms with van der Waals surface area (Å²) in [5.41, 5.74) is 0.990. The highest BCUT2D eigenvalue weighted by atomic mass is 32.2. The number of hydrogen-bond donors (Lipinski definition) is 1. The lowest BCUT2D eigenvalue weighted by Crippen LogP contribution is -2.39. The van der Waals surface area contributed by atoms with Crippen LogP contribution in [0.2, 0.25) is 0 Å². The Morgan fingerprint density at radius 1 is 1.35 bits per heavy atom. The van der Waals surface area contributed by atoms with Crippen molar-refractivity contribution in [2.45, 2.75) is 30.2 Å². The molecule has 0 spiro atoms. The molecule has 2 aromatic rings. The number of piperidine rings is 1. The molecule has 1 atom stereocenters. The first kappa shape index (κ1) is 15.7. The lowest BCUT2D eigenvalue weighted by molar-refractivity contribution is 0.0602. The van der Waals surface area contributed by atoms with E-state index in [9.17, 15) is 13.2 Å². The van der Waals surface area contributed by atoms with Gasteiger partial charge in [-0.2, -0.15) is 10.2 Å². The molecule has 3 heterocycles. The third-order valence-corrected chi connectivity index (χ3v) is 5.20. The van der Waals surface area contributed by atoms with Crippen molar-refractivity contribution in [1.29, 1.82) is 0 Å². The van der Waals surface area contributed by atoms with Crippen molar-refractivity contribution >= 4 is 15.7 Å². The second-order valence-electron chi connectivity index (χ2n) is 5.83. The normalized spacial score (nSPS) is 19.0. The number of H-pyrrole nitrogens is 1. The average molecular weight is 337 g/mol. The molecule has 0 aromatic carbocycles. The third-order valence-electron chi connectivity index (χ3n) is 4.08. The summed E-state index contributed by atoms with van der Waals surface area (Å²) in [6.45, 7) is 0.584. The summed E-state index contributed by atoms with van der Waals surface area (Å²) in [6.07, 6.45) is 8.19. The molecular formula is C14H19N5O3S. The van der Waals surface area contributed by atoms with E-state index >= 15 is 0 Å². The Morgan fingerprint density at radius 2 is 2.13 bits per heavy atom. The van der Waals surface area contributed by atoms with Gasteiger partial charge < -0.3 is 4.90 Å². The molecule has 1 N–H and O–H groups in total. The largest absolute Gasteiger partial charge is 0.330 e. The van der Waals surface area contributed by atoms with Gasteiger partial charge in [0.2, 0.25) is 0 Å². The van der Waals surface area contributed by atoms with E-state index in [1.54, 1.807) is 22.8 Å². The average Bonchev–Trinajstić information content (AvgIpc) is 3.14. The van der Waals surface area contributed by atoms with Crippen LogP contribution >= 0.6 is 0 Å². The van der Waals surface area contributed by atoms with Gasteiger partial charge in [0.15, 0.2) is 9.84 Å². The van der Waals surface area contributed by atoms with E-state index in [1.165, 1.54) is 12.4 Å². The summed E-state index contributed by atoms with van der Waals surface area (Å²) >= 11 is 0. The van der Waals surface area contributed by atoms with Gasteiger partial charge in [-0.05, 0) is 19.3 Å². The van der Waals surface area contributed by atoms with Gasteiger partial charge in [0, 0.05) is 26.0 Å². The third kappa shape index (κ3) is 3.00. The molecule has 1 amide bonds. The van der Waals surface area contributed by atoms with E-state index in [0.717, 1.165) is 19.1 Å². The molecule has 23 heavy (non-hydrogen) atoms. The minimum absolute atomic E-state index is 0.142. The summed E-state index contributed by atoms with van der Waals surface area (Å²) < 4.78 is 25.4. The van der Waals surface area contributed by atoms with Gasteiger partial charge in [-0.1, -0.05) is 0 Å². The van der Waals surface area contributed by atoms with Gasteiger partial charge in [0.1, 0.15) is 4.90 Å². The summed E-state index contributed by atoms with van der Waals surface area (Å²) in [7, 11) is -1.65. The molecule has 0 aliphatic carbocycles. The number of nitrogens with one attached hydrogen (secondary N) is 1. The minimum Gasteiger partial charge on any atom is -0.330 e. The molecule has 124 valence electrons. The number of aryl methyl sites for hydroxylation is 1. The Morgan fingerprint density at radius 3 is 2.78 bits per heavy atom. The molecular weight excluding hydrogens is 318 g/mol. The predicted molar refractivity (Wildman–Crippen MR) is 82.5 cm³/mol. The van der Waals surface area contributed by atoms with Gasteiger partial charge >= 0.3 is 0 Å². The van der Waals surface area contributed by atoms with Crippen LogP contribution in [0.5, 0.6) is 0 Å². The highest BCUT2D eigenvalue weighted by Gasteiger charge is 2.33. The number of likely N-dealkylation sites (tertiary alicyclic amines) is 1.